The van der Waals surface area contributed by atoms with Gasteiger partial charge in [-0.05, 0) is 55.0 Å². The van der Waals surface area contributed by atoms with Gasteiger partial charge < -0.3 is 9.84 Å². The summed E-state index contributed by atoms with van der Waals surface area (Å²) in [7, 11) is -4.65. The minimum Gasteiger partial charge on any atom is -0.486 e. The first kappa shape index (κ1) is 27.2. The molecule has 3 aromatic rings. The molecule has 1 N–H and O–H groups in total. The standard InChI is InChI=1S/C24H18F6N2O5S/c25-23(26,27)15-3-1-4-17(12-15)38(35,36)32-13-16(8-10-22(33)34)37-20-9-7-14(11-19(20)32)18-5-2-6-21(31-18)24(28,29)30/h1-7,9,11-12,16H,8,10,13H2,(H,33,34)/t16-/m1/s1. The van der Waals surface area contributed by atoms with Crippen LogP contribution in [0.15, 0.2) is 65.6 Å². The van der Waals surface area contributed by atoms with Gasteiger partial charge >= 0.3 is 18.3 Å². The zero-order chi connectivity index (χ0) is 27.9. The number of halogens is 6. The molecule has 0 saturated heterocycles. The molecule has 7 nitrogen and oxygen atoms in total. The molecule has 14 heteroatoms. The van der Waals surface area contributed by atoms with Crippen molar-refractivity contribution in [2.24, 2.45) is 0 Å². The number of aromatic nitrogens is 1. The van der Waals surface area contributed by atoms with Gasteiger partial charge in [0.05, 0.1) is 28.4 Å². The van der Waals surface area contributed by atoms with Crippen molar-refractivity contribution in [1.29, 1.82) is 0 Å². The normalized spacial score (nSPS) is 16.1. The summed E-state index contributed by atoms with van der Waals surface area (Å²) in [4.78, 5) is 13.9. The Morgan fingerprint density at radius 3 is 2.37 bits per heavy atom. The van der Waals surface area contributed by atoms with E-state index in [1.165, 1.54) is 24.3 Å². The van der Waals surface area contributed by atoms with Gasteiger partial charge in [-0.15, -0.1) is 0 Å². The number of aliphatic carboxylic acids is 1. The van der Waals surface area contributed by atoms with E-state index in [1.54, 1.807) is 0 Å². The SMILES string of the molecule is O=C(O)CC[C@@H]1CN(S(=O)(=O)c2cccc(C(F)(F)F)c2)c2cc(-c3cccc(C(F)(F)F)n3)ccc2O1. The molecule has 4 rings (SSSR count). The van der Waals surface area contributed by atoms with Crippen molar-refractivity contribution in [3.8, 4) is 17.0 Å². The molecule has 1 aliphatic rings. The molecule has 0 radical (unpaired) electrons. The second-order valence-electron chi connectivity index (χ2n) is 8.32. The van der Waals surface area contributed by atoms with Gasteiger partial charge in [-0.25, -0.2) is 13.4 Å². The maximum absolute atomic E-state index is 13.6. The molecule has 0 spiro atoms. The lowest BCUT2D eigenvalue weighted by Crippen LogP contribution is -2.43. The van der Waals surface area contributed by atoms with E-state index in [0.717, 1.165) is 28.6 Å². The summed E-state index contributed by atoms with van der Waals surface area (Å²) in [5, 5.41) is 9.01. The summed E-state index contributed by atoms with van der Waals surface area (Å²) in [6.07, 6.45) is -11.0. The minimum atomic E-state index is -4.82. The summed E-state index contributed by atoms with van der Waals surface area (Å²) in [5.41, 5.74) is -2.56. The first-order valence-corrected chi connectivity index (χ1v) is 12.4. The highest BCUT2D eigenvalue weighted by Gasteiger charge is 2.38. The van der Waals surface area contributed by atoms with Crippen molar-refractivity contribution in [2.45, 2.75) is 36.2 Å². The fourth-order valence-corrected chi connectivity index (χ4v) is 5.39. The molecule has 2 aromatic carbocycles. The third kappa shape index (κ3) is 5.69. The summed E-state index contributed by atoms with van der Waals surface area (Å²) in [5.74, 6) is -1.21. The molecule has 1 aromatic heterocycles. The highest BCUT2D eigenvalue weighted by molar-refractivity contribution is 7.92. The van der Waals surface area contributed by atoms with Crippen LogP contribution in [0.3, 0.4) is 0 Å². The molecule has 0 unspecified atom stereocenters. The van der Waals surface area contributed by atoms with Crippen LogP contribution in [0.25, 0.3) is 11.3 Å². The van der Waals surface area contributed by atoms with E-state index in [9.17, 15) is 39.6 Å². The van der Waals surface area contributed by atoms with E-state index in [2.05, 4.69) is 4.98 Å². The topological polar surface area (TPSA) is 96.8 Å². The lowest BCUT2D eigenvalue weighted by atomic mass is 10.1. The Balaban J connectivity index is 1.82. The van der Waals surface area contributed by atoms with E-state index in [0.29, 0.717) is 12.1 Å². The number of rotatable bonds is 6. The molecule has 0 saturated carbocycles. The molecule has 1 atom stereocenters. The average molecular weight is 560 g/mol. The van der Waals surface area contributed by atoms with E-state index in [1.807, 2.05) is 0 Å². The Morgan fingerprint density at radius 2 is 1.71 bits per heavy atom. The van der Waals surface area contributed by atoms with E-state index < -0.39 is 57.1 Å². The number of hydrogen-bond donors (Lipinski definition) is 1. The quantitative estimate of drug-likeness (QED) is 0.394. The van der Waals surface area contributed by atoms with Crippen LogP contribution in [0, 0.1) is 0 Å². The van der Waals surface area contributed by atoms with Gasteiger partial charge in [-0.1, -0.05) is 12.1 Å². The molecule has 0 aliphatic carbocycles. The second kappa shape index (κ2) is 9.82. The number of alkyl halides is 6. The summed E-state index contributed by atoms with van der Waals surface area (Å²) in [6, 6.07) is 10.1. The van der Waals surface area contributed by atoms with E-state index >= 15 is 0 Å². The van der Waals surface area contributed by atoms with Crippen LogP contribution in [0.5, 0.6) is 5.75 Å². The average Bonchev–Trinajstić information content (AvgIpc) is 2.85. The van der Waals surface area contributed by atoms with Gasteiger partial charge in [0.25, 0.3) is 10.0 Å². The van der Waals surface area contributed by atoms with Gasteiger partial charge in [-0.2, -0.15) is 26.3 Å². The summed E-state index contributed by atoms with van der Waals surface area (Å²) in [6.45, 7) is -0.446. The molecular weight excluding hydrogens is 542 g/mol. The Morgan fingerprint density at radius 1 is 1.00 bits per heavy atom. The monoisotopic (exact) mass is 560 g/mol. The Hall–Kier alpha value is -3.81. The van der Waals surface area contributed by atoms with Crippen LogP contribution in [-0.4, -0.2) is 37.1 Å². The van der Waals surface area contributed by atoms with Crippen molar-refractivity contribution < 1.29 is 49.4 Å². The third-order valence-electron chi connectivity index (χ3n) is 5.66. The number of hydrogen-bond acceptors (Lipinski definition) is 5. The number of ether oxygens (including phenoxy) is 1. The van der Waals surface area contributed by atoms with Crippen molar-refractivity contribution >= 4 is 21.7 Å². The Bertz CT molecular complexity index is 1470. The van der Waals surface area contributed by atoms with Crippen LogP contribution >= 0.6 is 0 Å². The largest absolute Gasteiger partial charge is 0.486 e. The molecule has 0 bridgehead atoms. The zero-order valence-corrected chi connectivity index (χ0v) is 19.9. The van der Waals surface area contributed by atoms with Crippen LogP contribution in [0.1, 0.15) is 24.1 Å². The van der Waals surface area contributed by atoms with Crippen molar-refractivity contribution in [3.63, 3.8) is 0 Å². The molecule has 1 aliphatic heterocycles. The molecule has 202 valence electrons. The van der Waals surface area contributed by atoms with E-state index in [-0.39, 0.29) is 35.5 Å². The van der Waals surface area contributed by atoms with Crippen molar-refractivity contribution in [1.82, 2.24) is 4.98 Å². The Labute approximate surface area is 212 Å². The number of carboxylic acids is 1. The van der Waals surface area contributed by atoms with Crippen molar-refractivity contribution in [2.75, 3.05) is 10.8 Å². The molecule has 38 heavy (non-hydrogen) atoms. The first-order chi connectivity index (χ1) is 17.7. The van der Waals surface area contributed by atoms with Gasteiger partial charge in [-0.3, -0.25) is 9.10 Å². The predicted octanol–water partition coefficient (Wildman–Crippen LogP) is 5.61. The number of benzene rings is 2. The van der Waals surface area contributed by atoms with Crippen molar-refractivity contribution in [3.05, 3.63) is 71.9 Å². The van der Waals surface area contributed by atoms with Gasteiger partial charge in [0.2, 0.25) is 0 Å². The second-order valence-corrected chi connectivity index (χ2v) is 10.2. The van der Waals surface area contributed by atoms with E-state index in [4.69, 9.17) is 9.84 Å². The summed E-state index contributed by atoms with van der Waals surface area (Å²) >= 11 is 0. The van der Waals surface area contributed by atoms with Crippen LogP contribution in [0.4, 0.5) is 32.0 Å². The molecule has 0 amide bonds. The van der Waals surface area contributed by atoms with Crippen LogP contribution in [0.2, 0.25) is 0 Å². The van der Waals surface area contributed by atoms with Crippen LogP contribution in [-0.2, 0) is 27.2 Å². The number of carboxylic acid groups (broad SMARTS) is 1. The summed E-state index contributed by atoms with van der Waals surface area (Å²) < 4.78 is 113. The minimum absolute atomic E-state index is 0.0436. The lowest BCUT2D eigenvalue weighted by Gasteiger charge is -2.35. The maximum Gasteiger partial charge on any atom is 0.433 e. The predicted molar refractivity (Wildman–Crippen MR) is 122 cm³/mol. The first-order valence-electron chi connectivity index (χ1n) is 10.9. The number of sulfonamides is 1. The highest BCUT2D eigenvalue weighted by Crippen LogP contribution is 2.41. The smallest absolute Gasteiger partial charge is 0.433 e. The maximum atomic E-state index is 13.6. The number of anilines is 1. The highest BCUT2D eigenvalue weighted by atomic mass is 32.2. The van der Waals surface area contributed by atoms with Gasteiger partial charge in [0, 0.05) is 12.0 Å². The fourth-order valence-electron chi connectivity index (χ4n) is 3.85. The number of nitrogens with zero attached hydrogens (tertiary/aromatic N) is 2. The van der Waals surface area contributed by atoms with Gasteiger partial charge in [0.1, 0.15) is 17.5 Å². The number of carbonyl (C=O) groups is 1. The lowest BCUT2D eigenvalue weighted by molar-refractivity contribution is -0.141. The van der Waals surface area contributed by atoms with Gasteiger partial charge in [0.15, 0.2) is 0 Å². The Kier molecular flexibility index (Phi) is 7.03. The van der Waals surface area contributed by atoms with Crippen LogP contribution < -0.4 is 9.04 Å². The zero-order valence-electron chi connectivity index (χ0n) is 19.1. The number of fused-ring (bicyclic) bond motifs is 1. The number of pyridine rings is 1. The molecule has 0 fully saturated rings. The molecular formula is C24H18F6N2O5S. The fraction of sp³-hybridized carbons (Fsp3) is 0.250. The third-order valence-corrected chi connectivity index (χ3v) is 7.43. The molecule has 2 heterocycles.